The molecule has 0 aliphatic rings. The van der Waals surface area contributed by atoms with Crippen molar-refractivity contribution in [2.75, 3.05) is 0 Å². The molecule has 0 unspecified atom stereocenters. The Morgan fingerprint density at radius 3 is 2.36 bits per heavy atom. The SMILES string of the molecule is CCCC[C@H](N)c1ccc(I)cc1.Cl. The van der Waals surface area contributed by atoms with Crippen LogP contribution in [0.15, 0.2) is 24.3 Å². The summed E-state index contributed by atoms with van der Waals surface area (Å²) in [6, 6.07) is 8.70. The summed E-state index contributed by atoms with van der Waals surface area (Å²) in [5.74, 6) is 0. The van der Waals surface area contributed by atoms with Gasteiger partial charge in [0.05, 0.1) is 0 Å². The molecular formula is C11H17ClIN. The Kier molecular flexibility index (Phi) is 7.59. The Labute approximate surface area is 106 Å². The standard InChI is InChI=1S/C11H16IN.ClH/c1-2-3-4-11(13)9-5-7-10(12)8-6-9;/h5-8,11H,2-4,13H2,1H3;1H/t11-;/m0./s1. The molecule has 0 aromatic heterocycles. The van der Waals surface area contributed by atoms with Crippen LogP contribution >= 0.6 is 35.0 Å². The molecule has 3 heteroatoms. The molecule has 0 radical (unpaired) electrons. The van der Waals surface area contributed by atoms with Crippen molar-refractivity contribution in [1.29, 1.82) is 0 Å². The van der Waals surface area contributed by atoms with E-state index in [0.717, 1.165) is 6.42 Å². The molecule has 1 rings (SSSR count). The normalized spacial score (nSPS) is 11.9. The quantitative estimate of drug-likeness (QED) is 0.835. The van der Waals surface area contributed by atoms with Gasteiger partial charge in [-0.05, 0) is 46.7 Å². The molecule has 0 bridgehead atoms. The second-order valence-electron chi connectivity index (χ2n) is 3.30. The summed E-state index contributed by atoms with van der Waals surface area (Å²) < 4.78 is 1.27. The van der Waals surface area contributed by atoms with Crippen molar-refractivity contribution < 1.29 is 0 Å². The van der Waals surface area contributed by atoms with Gasteiger partial charge >= 0.3 is 0 Å². The number of halogens is 2. The van der Waals surface area contributed by atoms with Crippen molar-refractivity contribution in [3.05, 3.63) is 33.4 Å². The van der Waals surface area contributed by atoms with E-state index >= 15 is 0 Å². The van der Waals surface area contributed by atoms with Crippen molar-refractivity contribution >= 4 is 35.0 Å². The Hall–Kier alpha value is 0.200. The zero-order valence-electron chi connectivity index (χ0n) is 8.37. The fourth-order valence-corrected chi connectivity index (χ4v) is 1.66. The van der Waals surface area contributed by atoms with E-state index in [-0.39, 0.29) is 18.4 Å². The predicted molar refractivity (Wildman–Crippen MR) is 72.9 cm³/mol. The lowest BCUT2D eigenvalue weighted by atomic mass is 10.0. The van der Waals surface area contributed by atoms with Crippen LogP contribution in [0.2, 0.25) is 0 Å². The number of benzene rings is 1. The topological polar surface area (TPSA) is 26.0 Å². The smallest absolute Gasteiger partial charge is 0.0294 e. The Morgan fingerprint density at radius 1 is 1.29 bits per heavy atom. The zero-order valence-corrected chi connectivity index (χ0v) is 11.3. The molecule has 1 aromatic rings. The monoisotopic (exact) mass is 325 g/mol. The first-order valence-corrected chi connectivity index (χ1v) is 5.83. The highest BCUT2D eigenvalue weighted by Gasteiger charge is 2.03. The van der Waals surface area contributed by atoms with Crippen molar-refractivity contribution in [2.45, 2.75) is 32.2 Å². The average Bonchev–Trinajstić information content (AvgIpc) is 2.15. The molecule has 0 saturated heterocycles. The number of hydrogen-bond donors (Lipinski definition) is 1. The summed E-state index contributed by atoms with van der Waals surface area (Å²) in [6.45, 7) is 2.20. The minimum absolute atomic E-state index is 0. The third-order valence-corrected chi connectivity index (χ3v) is 2.89. The molecule has 0 fully saturated rings. The Bertz CT molecular complexity index is 248. The summed E-state index contributed by atoms with van der Waals surface area (Å²) in [4.78, 5) is 0. The fraction of sp³-hybridized carbons (Fsp3) is 0.455. The number of nitrogens with two attached hydrogens (primary N) is 1. The van der Waals surface area contributed by atoms with Crippen molar-refractivity contribution in [2.24, 2.45) is 5.73 Å². The first-order valence-electron chi connectivity index (χ1n) is 4.75. The van der Waals surface area contributed by atoms with Crippen molar-refractivity contribution in [3.8, 4) is 0 Å². The van der Waals surface area contributed by atoms with Crippen LogP contribution in [0, 0.1) is 3.57 Å². The van der Waals surface area contributed by atoms with Gasteiger partial charge in [0.2, 0.25) is 0 Å². The van der Waals surface area contributed by atoms with Crippen molar-refractivity contribution in [1.82, 2.24) is 0 Å². The highest BCUT2D eigenvalue weighted by atomic mass is 127. The van der Waals surface area contributed by atoms with Gasteiger partial charge in [-0.2, -0.15) is 0 Å². The van der Waals surface area contributed by atoms with Crippen LogP contribution in [0.4, 0.5) is 0 Å². The third kappa shape index (κ3) is 4.62. The lowest BCUT2D eigenvalue weighted by Gasteiger charge is -2.10. The summed E-state index contributed by atoms with van der Waals surface area (Å²) >= 11 is 2.31. The molecular weight excluding hydrogens is 308 g/mol. The first-order chi connectivity index (χ1) is 6.24. The van der Waals surface area contributed by atoms with Crippen LogP contribution in [0.5, 0.6) is 0 Å². The highest BCUT2D eigenvalue weighted by molar-refractivity contribution is 14.1. The molecule has 0 saturated carbocycles. The van der Waals surface area contributed by atoms with E-state index in [1.165, 1.54) is 22.0 Å². The zero-order chi connectivity index (χ0) is 9.68. The van der Waals surface area contributed by atoms with E-state index < -0.39 is 0 Å². The molecule has 80 valence electrons. The average molecular weight is 326 g/mol. The van der Waals surface area contributed by atoms with Crippen molar-refractivity contribution in [3.63, 3.8) is 0 Å². The molecule has 1 nitrogen and oxygen atoms in total. The Morgan fingerprint density at radius 2 is 1.86 bits per heavy atom. The first kappa shape index (κ1) is 14.2. The minimum atomic E-state index is 0. The summed E-state index contributed by atoms with van der Waals surface area (Å²) in [6.07, 6.45) is 3.53. The second-order valence-corrected chi connectivity index (χ2v) is 4.55. The van der Waals surface area contributed by atoms with Gasteiger partial charge < -0.3 is 5.73 Å². The Balaban J connectivity index is 0.00000169. The van der Waals surface area contributed by atoms with E-state index in [1.54, 1.807) is 0 Å². The molecule has 0 amide bonds. The van der Waals surface area contributed by atoms with Gasteiger partial charge in [-0.1, -0.05) is 31.9 Å². The molecule has 0 spiro atoms. The van der Waals surface area contributed by atoms with E-state index in [0.29, 0.717) is 0 Å². The lowest BCUT2D eigenvalue weighted by Crippen LogP contribution is -2.09. The molecule has 0 heterocycles. The van der Waals surface area contributed by atoms with Crippen LogP contribution in [0.25, 0.3) is 0 Å². The number of hydrogen-bond acceptors (Lipinski definition) is 1. The van der Waals surface area contributed by atoms with E-state index in [2.05, 4.69) is 53.8 Å². The molecule has 1 atom stereocenters. The van der Waals surface area contributed by atoms with Gasteiger partial charge in [-0.15, -0.1) is 12.4 Å². The molecule has 1 aromatic carbocycles. The number of rotatable bonds is 4. The number of unbranched alkanes of at least 4 members (excludes halogenated alkanes) is 1. The largest absolute Gasteiger partial charge is 0.324 e. The van der Waals surface area contributed by atoms with Gasteiger partial charge in [0.25, 0.3) is 0 Å². The van der Waals surface area contributed by atoms with Gasteiger partial charge in [-0.3, -0.25) is 0 Å². The second kappa shape index (κ2) is 7.49. The fourth-order valence-electron chi connectivity index (χ4n) is 1.30. The summed E-state index contributed by atoms with van der Waals surface area (Å²) in [5.41, 5.74) is 7.29. The maximum Gasteiger partial charge on any atom is 0.0294 e. The van der Waals surface area contributed by atoms with Crippen LogP contribution in [-0.4, -0.2) is 0 Å². The van der Waals surface area contributed by atoms with Gasteiger partial charge in [0.15, 0.2) is 0 Å². The molecule has 14 heavy (non-hydrogen) atoms. The van der Waals surface area contributed by atoms with Gasteiger partial charge in [0.1, 0.15) is 0 Å². The third-order valence-electron chi connectivity index (χ3n) is 2.17. The van der Waals surface area contributed by atoms with E-state index in [4.69, 9.17) is 5.73 Å². The molecule has 0 aliphatic carbocycles. The molecule has 2 N–H and O–H groups in total. The highest BCUT2D eigenvalue weighted by Crippen LogP contribution is 2.17. The van der Waals surface area contributed by atoms with Crippen LogP contribution in [0.3, 0.4) is 0 Å². The van der Waals surface area contributed by atoms with E-state index in [1.807, 2.05) is 0 Å². The van der Waals surface area contributed by atoms with Crippen LogP contribution < -0.4 is 5.73 Å². The minimum Gasteiger partial charge on any atom is -0.324 e. The van der Waals surface area contributed by atoms with E-state index in [9.17, 15) is 0 Å². The summed E-state index contributed by atoms with van der Waals surface area (Å²) in [7, 11) is 0. The summed E-state index contributed by atoms with van der Waals surface area (Å²) in [5, 5.41) is 0. The van der Waals surface area contributed by atoms with Crippen LogP contribution in [0.1, 0.15) is 37.8 Å². The molecule has 0 aliphatic heterocycles. The van der Waals surface area contributed by atoms with Crippen LogP contribution in [-0.2, 0) is 0 Å². The maximum absolute atomic E-state index is 6.03. The lowest BCUT2D eigenvalue weighted by molar-refractivity contribution is 0.603. The predicted octanol–water partition coefficient (Wildman–Crippen LogP) is 3.90. The maximum atomic E-state index is 6.03. The van der Waals surface area contributed by atoms with Gasteiger partial charge in [0, 0.05) is 9.61 Å². The van der Waals surface area contributed by atoms with Gasteiger partial charge in [-0.25, -0.2) is 0 Å².